The molecular weight excluding hydrogens is 400 g/mol. The lowest BCUT2D eigenvalue weighted by Crippen LogP contribution is -2.48. The molecule has 164 valence electrons. The number of pyridine rings is 2. The molecule has 2 aliphatic rings. The van der Waals surface area contributed by atoms with E-state index in [9.17, 15) is 4.79 Å². The molecule has 32 heavy (non-hydrogen) atoms. The van der Waals surface area contributed by atoms with Gasteiger partial charge in [-0.1, -0.05) is 0 Å². The van der Waals surface area contributed by atoms with Gasteiger partial charge in [-0.2, -0.15) is 0 Å². The Bertz CT molecular complexity index is 1150. The Labute approximate surface area is 187 Å². The molecule has 2 fully saturated rings. The number of aromatic nitrogens is 4. The summed E-state index contributed by atoms with van der Waals surface area (Å²) >= 11 is 0. The predicted molar refractivity (Wildman–Crippen MR) is 123 cm³/mol. The Morgan fingerprint density at radius 2 is 1.16 bits per heavy atom. The number of carbonyl (C=O) groups excluding carboxylic acids is 1. The fraction of sp³-hybridized carbons (Fsp3) is 0.400. The number of carbonyl (C=O) groups is 1. The number of amides is 2. The average Bonchev–Trinajstić information content (AvgIpc) is 3.52. The van der Waals surface area contributed by atoms with Crippen LogP contribution in [-0.4, -0.2) is 60.8 Å². The second-order valence-corrected chi connectivity index (χ2v) is 9.18. The highest BCUT2D eigenvalue weighted by molar-refractivity contribution is 5.74. The number of urea groups is 1. The largest absolute Gasteiger partial charge is 0.325 e. The maximum Gasteiger partial charge on any atom is 0.319 e. The number of imidazole rings is 2. The zero-order chi connectivity index (χ0) is 21.5. The molecule has 0 bridgehead atoms. The summed E-state index contributed by atoms with van der Waals surface area (Å²) in [5, 5.41) is 0. The van der Waals surface area contributed by atoms with Crippen molar-refractivity contribution in [1.82, 2.24) is 28.6 Å². The number of piperidine rings is 2. The minimum absolute atomic E-state index is 0.222. The molecule has 4 aromatic heterocycles. The fourth-order valence-corrected chi connectivity index (χ4v) is 5.39. The quantitative estimate of drug-likeness (QED) is 0.482. The van der Waals surface area contributed by atoms with Crippen LogP contribution in [0.25, 0.3) is 11.0 Å². The van der Waals surface area contributed by atoms with Crippen molar-refractivity contribution in [2.45, 2.75) is 37.5 Å². The molecule has 4 aromatic rings. The van der Waals surface area contributed by atoms with Crippen LogP contribution in [0.1, 0.15) is 48.6 Å². The van der Waals surface area contributed by atoms with Crippen LogP contribution in [0.15, 0.2) is 61.7 Å². The first-order chi connectivity index (χ1) is 15.7. The van der Waals surface area contributed by atoms with Crippen LogP contribution in [0.4, 0.5) is 4.79 Å². The van der Waals surface area contributed by atoms with Gasteiger partial charge in [0.1, 0.15) is 0 Å². The van der Waals surface area contributed by atoms with Gasteiger partial charge in [-0.15, -0.1) is 0 Å². The molecular formula is C25H28N6O. The highest BCUT2D eigenvalue weighted by atomic mass is 16.2. The van der Waals surface area contributed by atoms with Gasteiger partial charge in [-0.25, -0.2) is 14.8 Å². The summed E-state index contributed by atoms with van der Waals surface area (Å²) in [7, 11) is 0. The second-order valence-electron chi connectivity index (χ2n) is 9.18. The van der Waals surface area contributed by atoms with E-state index >= 15 is 0 Å². The molecule has 0 unspecified atom stereocenters. The van der Waals surface area contributed by atoms with Gasteiger partial charge in [0.05, 0.1) is 36.1 Å². The molecule has 2 saturated heterocycles. The van der Waals surface area contributed by atoms with Crippen LogP contribution in [0.3, 0.4) is 0 Å². The van der Waals surface area contributed by atoms with Gasteiger partial charge in [0.15, 0.2) is 0 Å². The fourth-order valence-electron chi connectivity index (χ4n) is 5.39. The molecule has 0 atom stereocenters. The normalized spacial score (nSPS) is 18.6. The van der Waals surface area contributed by atoms with Crippen LogP contribution in [0.2, 0.25) is 0 Å². The third-order valence-corrected chi connectivity index (χ3v) is 7.35. The van der Waals surface area contributed by atoms with Gasteiger partial charge in [0.2, 0.25) is 0 Å². The van der Waals surface area contributed by atoms with E-state index in [1.807, 2.05) is 33.8 Å². The average molecular weight is 429 g/mol. The summed E-state index contributed by atoms with van der Waals surface area (Å²) in [5.41, 5.74) is 5.00. The lowest BCUT2D eigenvalue weighted by Gasteiger charge is -2.39. The molecule has 2 amide bonds. The van der Waals surface area contributed by atoms with Crippen molar-refractivity contribution < 1.29 is 4.79 Å². The number of nitrogens with zero attached hydrogens (tertiary/aromatic N) is 6. The standard InChI is InChI=1S/C25H28N6O/c32-25(28-7-1-19(2-8-28)21-5-11-30-17-26-15-23(30)13-21)29-9-3-20(4-10-29)22-6-12-31-18-27-16-24(31)14-22/h5-6,11-20H,1-4,7-10H2. The highest BCUT2D eigenvalue weighted by Gasteiger charge is 2.30. The van der Waals surface area contributed by atoms with E-state index in [4.69, 9.17) is 0 Å². The molecule has 2 aliphatic heterocycles. The van der Waals surface area contributed by atoms with Gasteiger partial charge in [-0.05, 0) is 72.9 Å². The Kier molecular flexibility index (Phi) is 4.82. The lowest BCUT2D eigenvalue weighted by molar-refractivity contribution is 0.128. The Morgan fingerprint density at radius 3 is 1.59 bits per heavy atom. The number of hydrogen-bond acceptors (Lipinski definition) is 3. The Hall–Kier alpha value is -3.35. The van der Waals surface area contributed by atoms with E-state index < -0.39 is 0 Å². The summed E-state index contributed by atoms with van der Waals surface area (Å²) in [6, 6.07) is 9.09. The van der Waals surface area contributed by atoms with E-state index in [0.29, 0.717) is 11.8 Å². The Balaban J connectivity index is 1.04. The van der Waals surface area contributed by atoms with Crippen molar-refractivity contribution in [2.75, 3.05) is 26.2 Å². The van der Waals surface area contributed by atoms with Gasteiger partial charge in [-0.3, -0.25) is 0 Å². The molecule has 6 heterocycles. The van der Waals surface area contributed by atoms with Crippen LogP contribution in [0.5, 0.6) is 0 Å². The molecule has 0 saturated carbocycles. The summed E-state index contributed by atoms with van der Waals surface area (Å²) in [5.74, 6) is 1.03. The minimum Gasteiger partial charge on any atom is -0.325 e. The van der Waals surface area contributed by atoms with Gasteiger partial charge >= 0.3 is 6.03 Å². The molecule has 0 spiro atoms. The molecule has 6 rings (SSSR count). The predicted octanol–water partition coefficient (Wildman–Crippen LogP) is 4.16. The first-order valence-electron chi connectivity index (χ1n) is 11.6. The molecule has 0 aromatic carbocycles. The molecule has 7 heteroatoms. The zero-order valence-electron chi connectivity index (χ0n) is 18.2. The van der Waals surface area contributed by atoms with Crippen molar-refractivity contribution in [3.63, 3.8) is 0 Å². The topological polar surface area (TPSA) is 58.2 Å². The summed E-state index contributed by atoms with van der Waals surface area (Å²) < 4.78 is 4.08. The second kappa shape index (κ2) is 7.97. The smallest absolute Gasteiger partial charge is 0.319 e. The van der Waals surface area contributed by atoms with Gasteiger partial charge in [0, 0.05) is 38.6 Å². The minimum atomic E-state index is 0.222. The van der Waals surface area contributed by atoms with Crippen LogP contribution in [0, 0.1) is 0 Å². The molecule has 7 nitrogen and oxygen atoms in total. The van der Waals surface area contributed by atoms with Gasteiger partial charge < -0.3 is 18.6 Å². The van der Waals surface area contributed by atoms with Crippen molar-refractivity contribution in [3.8, 4) is 0 Å². The first kappa shape index (κ1) is 19.3. The van der Waals surface area contributed by atoms with E-state index in [-0.39, 0.29) is 6.03 Å². The summed E-state index contributed by atoms with van der Waals surface area (Å²) in [6.07, 6.45) is 15.7. The van der Waals surface area contributed by atoms with E-state index in [2.05, 4.69) is 56.4 Å². The monoisotopic (exact) mass is 428 g/mol. The van der Waals surface area contributed by atoms with Crippen LogP contribution >= 0.6 is 0 Å². The third kappa shape index (κ3) is 3.51. The number of fused-ring (bicyclic) bond motifs is 2. The van der Waals surface area contributed by atoms with E-state index in [0.717, 1.165) is 62.9 Å². The SMILES string of the molecule is O=C(N1CCC(c2ccn3cncc3c2)CC1)N1CCC(c2ccn3cncc3c2)CC1. The van der Waals surface area contributed by atoms with Crippen molar-refractivity contribution in [1.29, 1.82) is 0 Å². The van der Waals surface area contributed by atoms with Crippen LogP contribution in [-0.2, 0) is 0 Å². The maximum atomic E-state index is 13.1. The molecule has 0 N–H and O–H groups in total. The third-order valence-electron chi connectivity index (χ3n) is 7.35. The number of likely N-dealkylation sites (tertiary alicyclic amines) is 2. The van der Waals surface area contributed by atoms with Gasteiger partial charge in [0.25, 0.3) is 0 Å². The zero-order valence-corrected chi connectivity index (χ0v) is 18.2. The summed E-state index contributed by atoms with van der Waals surface area (Å²) in [6.45, 7) is 3.36. The van der Waals surface area contributed by atoms with Crippen molar-refractivity contribution in [2.24, 2.45) is 0 Å². The van der Waals surface area contributed by atoms with Crippen molar-refractivity contribution >= 4 is 17.1 Å². The molecule has 0 aliphatic carbocycles. The Morgan fingerprint density at radius 1 is 0.719 bits per heavy atom. The van der Waals surface area contributed by atoms with Crippen LogP contribution < -0.4 is 0 Å². The summed E-state index contributed by atoms with van der Waals surface area (Å²) in [4.78, 5) is 25.7. The first-order valence-corrected chi connectivity index (χ1v) is 11.6. The highest BCUT2D eigenvalue weighted by Crippen LogP contribution is 2.32. The molecule has 0 radical (unpaired) electrons. The number of hydrogen-bond donors (Lipinski definition) is 0. The maximum absolute atomic E-state index is 13.1. The van der Waals surface area contributed by atoms with Crippen molar-refractivity contribution in [3.05, 3.63) is 72.8 Å². The lowest BCUT2D eigenvalue weighted by atomic mass is 9.89. The van der Waals surface area contributed by atoms with E-state index in [1.165, 1.54) is 11.1 Å². The van der Waals surface area contributed by atoms with E-state index in [1.54, 1.807) is 0 Å². The number of rotatable bonds is 2.